The summed E-state index contributed by atoms with van der Waals surface area (Å²) in [5.41, 5.74) is 8.53. The van der Waals surface area contributed by atoms with Crippen LogP contribution in [0, 0.1) is 6.92 Å². The van der Waals surface area contributed by atoms with Crippen LogP contribution in [0.1, 0.15) is 22.7 Å². The Morgan fingerprint density at radius 2 is 1.60 bits per heavy atom. The van der Waals surface area contributed by atoms with Crippen molar-refractivity contribution in [3.8, 4) is 5.75 Å². The van der Waals surface area contributed by atoms with Crippen molar-refractivity contribution in [2.45, 2.75) is 19.3 Å². The van der Waals surface area contributed by atoms with Gasteiger partial charge >= 0.3 is 6.36 Å². The zero-order valence-corrected chi connectivity index (χ0v) is 10.8. The number of nitrogens with two attached hydrogens (primary N) is 1. The lowest BCUT2D eigenvalue weighted by Gasteiger charge is -2.15. The predicted molar refractivity (Wildman–Crippen MR) is 70.3 cm³/mol. The van der Waals surface area contributed by atoms with Gasteiger partial charge in [-0.05, 0) is 30.2 Å². The van der Waals surface area contributed by atoms with Crippen LogP contribution in [0.3, 0.4) is 0 Å². The highest BCUT2D eigenvalue weighted by Crippen LogP contribution is 2.27. The van der Waals surface area contributed by atoms with Crippen molar-refractivity contribution in [3.63, 3.8) is 0 Å². The Morgan fingerprint density at radius 1 is 1.00 bits per heavy atom. The van der Waals surface area contributed by atoms with Crippen molar-refractivity contribution in [2.75, 3.05) is 0 Å². The topological polar surface area (TPSA) is 35.2 Å². The normalized spacial score (nSPS) is 13.1. The van der Waals surface area contributed by atoms with Crippen molar-refractivity contribution < 1.29 is 17.9 Å². The molecule has 106 valence electrons. The van der Waals surface area contributed by atoms with Crippen LogP contribution in [-0.2, 0) is 0 Å². The fourth-order valence-electron chi connectivity index (χ4n) is 1.96. The van der Waals surface area contributed by atoms with Gasteiger partial charge in [0.25, 0.3) is 0 Å². The van der Waals surface area contributed by atoms with E-state index in [0.29, 0.717) is 5.56 Å². The van der Waals surface area contributed by atoms with E-state index >= 15 is 0 Å². The third-order valence-corrected chi connectivity index (χ3v) is 2.85. The van der Waals surface area contributed by atoms with E-state index < -0.39 is 12.4 Å². The highest BCUT2D eigenvalue weighted by molar-refractivity contribution is 5.37. The van der Waals surface area contributed by atoms with Gasteiger partial charge in [0, 0.05) is 0 Å². The van der Waals surface area contributed by atoms with Crippen LogP contribution in [0.5, 0.6) is 5.75 Å². The monoisotopic (exact) mass is 281 g/mol. The molecule has 0 bridgehead atoms. The molecular weight excluding hydrogens is 267 g/mol. The summed E-state index contributed by atoms with van der Waals surface area (Å²) in [4.78, 5) is 0. The van der Waals surface area contributed by atoms with Gasteiger partial charge in [-0.1, -0.05) is 42.0 Å². The maximum Gasteiger partial charge on any atom is 0.573 e. The Kier molecular flexibility index (Phi) is 3.99. The minimum atomic E-state index is -4.70. The van der Waals surface area contributed by atoms with E-state index in [1.807, 2.05) is 31.2 Å². The molecule has 2 aromatic carbocycles. The first-order valence-electron chi connectivity index (χ1n) is 6.03. The maximum absolute atomic E-state index is 12.2. The Bertz CT molecular complexity index is 596. The highest BCUT2D eigenvalue weighted by Gasteiger charge is 2.31. The van der Waals surface area contributed by atoms with Crippen LogP contribution in [0.4, 0.5) is 13.2 Å². The zero-order valence-electron chi connectivity index (χ0n) is 10.8. The molecule has 0 saturated heterocycles. The zero-order chi connectivity index (χ0) is 14.8. The molecule has 2 N–H and O–H groups in total. The quantitative estimate of drug-likeness (QED) is 0.924. The second-order valence-corrected chi connectivity index (χ2v) is 4.51. The summed E-state index contributed by atoms with van der Waals surface area (Å²) in [5.74, 6) is -0.266. The van der Waals surface area contributed by atoms with Gasteiger partial charge in [-0.25, -0.2) is 0 Å². The molecule has 0 heterocycles. The fourth-order valence-corrected chi connectivity index (χ4v) is 1.96. The third-order valence-electron chi connectivity index (χ3n) is 2.85. The molecule has 20 heavy (non-hydrogen) atoms. The molecule has 0 aliphatic carbocycles. The van der Waals surface area contributed by atoms with Crippen LogP contribution in [0.25, 0.3) is 0 Å². The van der Waals surface area contributed by atoms with Gasteiger partial charge in [0.2, 0.25) is 0 Å². The van der Waals surface area contributed by atoms with Crippen LogP contribution in [-0.4, -0.2) is 6.36 Å². The van der Waals surface area contributed by atoms with Gasteiger partial charge in [0.05, 0.1) is 6.04 Å². The van der Waals surface area contributed by atoms with E-state index in [4.69, 9.17) is 5.73 Å². The van der Waals surface area contributed by atoms with Gasteiger partial charge < -0.3 is 10.5 Å². The number of hydrogen-bond donors (Lipinski definition) is 1. The summed E-state index contributed by atoms with van der Waals surface area (Å²) < 4.78 is 40.5. The summed E-state index contributed by atoms with van der Waals surface area (Å²) >= 11 is 0. The lowest BCUT2D eigenvalue weighted by Crippen LogP contribution is -2.18. The summed E-state index contributed by atoms with van der Waals surface area (Å²) in [6.45, 7) is 1.93. The van der Waals surface area contributed by atoms with E-state index in [-0.39, 0.29) is 5.75 Å². The van der Waals surface area contributed by atoms with Gasteiger partial charge in [0.15, 0.2) is 0 Å². The van der Waals surface area contributed by atoms with Crippen LogP contribution < -0.4 is 10.5 Å². The number of benzene rings is 2. The fraction of sp³-hybridized carbons (Fsp3) is 0.200. The van der Waals surface area contributed by atoms with Crippen molar-refractivity contribution in [1.82, 2.24) is 0 Å². The number of rotatable bonds is 3. The molecule has 0 aromatic heterocycles. The number of ether oxygens (including phenoxy) is 1. The Morgan fingerprint density at radius 3 is 2.20 bits per heavy atom. The summed E-state index contributed by atoms with van der Waals surface area (Å²) in [6.07, 6.45) is -4.70. The van der Waals surface area contributed by atoms with Crippen molar-refractivity contribution in [1.29, 1.82) is 0 Å². The first kappa shape index (κ1) is 14.4. The Labute approximate surface area is 115 Å². The second-order valence-electron chi connectivity index (χ2n) is 4.51. The Balaban J connectivity index is 2.26. The molecule has 0 spiro atoms. The molecule has 2 nitrogen and oxygen atoms in total. The van der Waals surface area contributed by atoms with E-state index in [9.17, 15) is 13.2 Å². The summed E-state index contributed by atoms with van der Waals surface area (Å²) in [6, 6.07) is 12.8. The highest BCUT2D eigenvalue weighted by atomic mass is 19.4. The molecule has 2 rings (SSSR count). The second kappa shape index (κ2) is 5.54. The average Bonchev–Trinajstić information content (AvgIpc) is 2.36. The van der Waals surface area contributed by atoms with Crippen LogP contribution in [0.15, 0.2) is 48.5 Å². The number of alkyl halides is 3. The smallest absolute Gasteiger partial charge is 0.406 e. The van der Waals surface area contributed by atoms with Gasteiger partial charge in [0.1, 0.15) is 5.75 Å². The molecule has 1 atom stereocenters. The van der Waals surface area contributed by atoms with E-state index in [2.05, 4.69) is 4.74 Å². The lowest BCUT2D eigenvalue weighted by atomic mass is 9.98. The van der Waals surface area contributed by atoms with Gasteiger partial charge in [-0.15, -0.1) is 13.2 Å². The summed E-state index contributed by atoms with van der Waals surface area (Å²) in [7, 11) is 0. The predicted octanol–water partition coefficient (Wildman–Crippen LogP) is 3.94. The van der Waals surface area contributed by atoms with Gasteiger partial charge in [-0.3, -0.25) is 0 Å². The van der Waals surface area contributed by atoms with Crippen molar-refractivity contribution >= 4 is 0 Å². The standard InChI is InChI=1S/C15H14F3NO/c1-10-4-2-5-11(8-10)14(19)12-6-3-7-13(9-12)20-15(16,17)18/h2-9,14H,19H2,1H3. The molecule has 0 aliphatic heterocycles. The third kappa shape index (κ3) is 3.74. The molecule has 0 amide bonds. The van der Waals surface area contributed by atoms with Crippen LogP contribution >= 0.6 is 0 Å². The molecular formula is C15H14F3NO. The molecule has 0 aliphatic rings. The van der Waals surface area contributed by atoms with Gasteiger partial charge in [-0.2, -0.15) is 0 Å². The lowest BCUT2D eigenvalue weighted by molar-refractivity contribution is -0.274. The first-order valence-corrected chi connectivity index (χ1v) is 6.03. The van der Waals surface area contributed by atoms with Crippen LogP contribution in [0.2, 0.25) is 0 Å². The van der Waals surface area contributed by atoms with E-state index in [0.717, 1.165) is 11.1 Å². The summed E-state index contributed by atoms with van der Waals surface area (Å²) in [5, 5.41) is 0. The number of halogens is 3. The van der Waals surface area contributed by atoms with Crippen molar-refractivity contribution in [2.24, 2.45) is 5.73 Å². The minimum Gasteiger partial charge on any atom is -0.406 e. The number of hydrogen-bond acceptors (Lipinski definition) is 2. The van der Waals surface area contributed by atoms with E-state index in [1.165, 1.54) is 18.2 Å². The SMILES string of the molecule is Cc1cccc(C(N)c2cccc(OC(F)(F)F)c2)c1. The Hall–Kier alpha value is -2.01. The average molecular weight is 281 g/mol. The molecule has 5 heteroatoms. The molecule has 0 fully saturated rings. The number of aryl methyl sites for hydroxylation is 1. The molecule has 2 aromatic rings. The molecule has 1 unspecified atom stereocenters. The van der Waals surface area contributed by atoms with E-state index in [1.54, 1.807) is 6.07 Å². The minimum absolute atomic E-state index is 0.266. The first-order chi connectivity index (χ1) is 9.35. The molecule has 0 saturated carbocycles. The van der Waals surface area contributed by atoms with Crippen molar-refractivity contribution in [3.05, 3.63) is 65.2 Å². The molecule has 0 radical (unpaired) electrons. The maximum atomic E-state index is 12.2. The largest absolute Gasteiger partial charge is 0.573 e.